The highest BCUT2D eigenvalue weighted by Gasteiger charge is 2.28. The summed E-state index contributed by atoms with van der Waals surface area (Å²) in [7, 11) is -0.926. The van der Waals surface area contributed by atoms with Gasteiger partial charge in [-0.1, -0.05) is 12.1 Å². The Kier molecular flexibility index (Phi) is 1.98. The summed E-state index contributed by atoms with van der Waals surface area (Å²) >= 11 is 0. The summed E-state index contributed by atoms with van der Waals surface area (Å²) in [6.45, 7) is 0. The molecule has 1 aromatic carbocycles. The molecule has 0 saturated heterocycles. The van der Waals surface area contributed by atoms with E-state index in [9.17, 15) is 0 Å². The molecule has 0 atom stereocenters. The number of hydrogen-bond donors (Lipinski definition) is 1. The van der Waals surface area contributed by atoms with Gasteiger partial charge in [0, 0.05) is 16.0 Å². The zero-order valence-corrected chi connectivity index (χ0v) is 10.2. The summed E-state index contributed by atoms with van der Waals surface area (Å²) in [6.07, 6.45) is 6.50. The van der Waals surface area contributed by atoms with E-state index in [1.807, 2.05) is 12.3 Å². The van der Waals surface area contributed by atoms with E-state index in [1.165, 1.54) is 15.5 Å². The van der Waals surface area contributed by atoms with Gasteiger partial charge in [0.2, 0.25) is 0 Å². The summed E-state index contributed by atoms with van der Waals surface area (Å²) < 4.78 is 0. The molecule has 0 radical (unpaired) electrons. The van der Waals surface area contributed by atoms with Crippen molar-refractivity contribution in [3.05, 3.63) is 42.6 Å². The van der Waals surface area contributed by atoms with Gasteiger partial charge < -0.3 is 5.32 Å². The highest BCUT2D eigenvalue weighted by molar-refractivity contribution is 8.33. The van der Waals surface area contributed by atoms with E-state index in [1.54, 1.807) is 0 Å². The second-order valence-electron chi connectivity index (χ2n) is 4.30. The van der Waals surface area contributed by atoms with Gasteiger partial charge in [-0.15, -0.1) is 0 Å². The van der Waals surface area contributed by atoms with E-state index in [-0.39, 0.29) is 0 Å². The predicted molar refractivity (Wildman–Crippen MR) is 69.9 cm³/mol. The maximum absolute atomic E-state index is 4.42. The Hall–Kier alpha value is -1.48. The van der Waals surface area contributed by atoms with E-state index in [2.05, 4.69) is 53.1 Å². The maximum atomic E-state index is 4.42. The van der Waals surface area contributed by atoms with Crippen LogP contribution in [-0.4, -0.2) is 17.5 Å². The van der Waals surface area contributed by atoms with Gasteiger partial charge in [0.25, 0.3) is 0 Å². The van der Waals surface area contributed by atoms with Crippen LogP contribution in [-0.2, 0) is 0 Å². The Balaban J connectivity index is 2.28. The molecule has 0 unspecified atom stereocenters. The maximum Gasteiger partial charge on any atom is 0.142 e. The molecule has 1 aromatic heterocycles. The van der Waals surface area contributed by atoms with Gasteiger partial charge >= 0.3 is 0 Å². The fourth-order valence-corrected chi connectivity index (χ4v) is 4.49. The highest BCUT2D eigenvalue weighted by Crippen LogP contribution is 2.63. The molecule has 0 amide bonds. The third kappa shape index (κ3) is 1.25. The number of hydrogen-bond acceptors (Lipinski definition) is 2. The van der Waals surface area contributed by atoms with Gasteiger partial charge in [-0.3, -0.25) is 0 Å². The largest absolute Gasteiger partial charge is 0.338 e. The number of anilines is 2. The van der Waals surface area contributed by atoms with E-state index in [4.69, 9.17) is 0 Å². The molecule has 0 bridgehead atoms. The van der Waals surface area contributed by atoms with Gasteiger partial charge in [0.05, 0.1) is 5.69 Å². The van der Waals surface area contributed by atoms with E-state index in [0.29, 0.717) is 0 Å². The van der Waals surface area contributed by atoms with Crippen LogP contribution < -0.4 is 5.32 Å². The van der Waals surface area contributed by atoms with Crippen LogP contribution in [0.5, 0.6) is 0 Å². The first kappa shape index (κ1) is 9.73. The average molecular weight is 230 g/mol. The summed E-state index contributed by atoms with van der Waals surface area (Å²) in [5.41, 5.74) is 1.20. The van der Waals surface area contributed by atoms with Gasteiger partial charge in [-0.05, 0) is 36.8 Å². The van der Waals surface area contributed by atoms with E-state index < -0.39 is 10.0 Å². The molecule has 0 saturated carbocycles. The van der Waals surface area contributed by atoms with Gasteiger partial charge in [0.15, 0.2) is 0 Å². The Morgan fingerprint density at radius 1 is 1.00 bits per heavy atom. The molecule has 16 heavy (non-hydrogen) atoms. The van der Waals surface area contributed by atoms with Crippen LogP contribution >= 0.6 is 10.0 Å². The van der Waals surface area contributed by atoms with Crippen molar-refractivity contribution in [2.45, 2.75) is 9.79 Å². The summed E-state index contributed by atoms with van der Waals surface area (Å²) in [6, 6.07) is 12.7. The van der Waals surface area contributed by atoms with Crippen molar-refractivity contribution in [3.8, 4) is 0 Å². The van der Waals surface area contributed by atoms with Crippen molar-refractivity contribution in [2.75, 3.05) is 17.8 Å². The van der Waals surface area contributed by atoms with Crippen LogP contribution in [0.25, 0.3) is 0 Å². The SMILES string of the molecule is CS1(C)c2ccccc2Nc2ncccc21. The monoisotopic (exact) mass is 230 g/mol. The van der Waals surface area contributed by atoms with Crippen molar-refractivity contribution < 1.29 is 0 Å². The van der Waals surface area contributed by atoms with Crippen molar-refractivity contribution >= 4 is 21.5 Å². The summed E-state index contributed by atoms with van der Waals surface area (Å²) in [5, 5.41) is 3.41. The topological polar surface area (TPSA) is 24.9 Å². The molecule has 2 nitrogen and oxygen atoms in total. The Bertz CT molecular complexity index is 502. The number of pyridine rings is 1. The molecule has 82 valence electrons. The fourth-order valence-electron chi connectivity index (χ4n) is 2.16. The molecule has 3 heteroatoms. The molecule has 1 aliphatic heterocycles. The molecule has 3 rings (SSSR count). The first-order valence-electron chi connectivity index (χ1n) is 5.24. The van der Waals surface area contributed by atoms with Crippen LogP contribution in [0.4, 0.5) is 11.5 Å². The van der Waals surface area contributed by atoms with Gasteiger partial charge in [0.1, 0.15) is 5.82 Å². The molecule has 2 aromatic rings. The van der Waals surface area contributed by atoms with Crippen molar-refractivity contribution in [1.82, 2.24) is 4.98 Å². The molecule has 0 spiro atoms. The lowest BCUT2D eigenvalue weighted by molar-refractivity contribution is 1.18. The summed E-state index contributed by atoms with van der Waals surface area (Å²) in [5.74, 6) is 1.02. The minimum atomic E-state index is -0.926. The third-order valence-electron chi connectivity index (χ3n) is 3.01. The van der Waals surface area contributed by atoms with E-state index in [0.717, 1.165) is 5.82 Å². The number of nitrogens with zero attached hydrogens (tertiary/aromatic N) is 1. The molecular formula is C13H14N2S. The molecule has 1 N–H and O–H groups in total. The van der Waals surface area contributed by atoms with Gasteiger partial charge in [-0.2, -0.15) is 10.0 Å². The third-order valence-corrected chi connectivity index (χ3v) is 5.89. The average Bonchev–Trinajstić information content (AvgIpc) is 2.29. The van der Waals surface area contributed by atoms with Crippen molar-refractivity contribution in [2.24, 2.45) is 0 Å². The number of para-hydroxylation sites is 1. The fraction of sp³-hybridized carbons (Fsp3) is 0.154. The number of rotatable bonds is 0. The lowest BCUT2D eigenvalue weighted by atomic mass is 10.3. The first-order valence-corrected chi connectivity index (χ1v) is 7.69. The Labute approximate surface area is 97.0 Å². The Morgan fingerprint density at radius 2 is 1.75 bits per heavy atom. The van der Waals surface area contributed by atoms with Crippen LogP contribution in [0, 0.1) is 0 Å². The number of fused-ring (bicyclic) bond motifs is 2. The van der Waals surface area contributed by atoms with Crippen LogP contribution in [0.1, 0.15) is 0 Å². The first-order chi connectivity index (χ1) is 7.69. The van der Waals surface area contributed by atoms with Crippen LogP contribution in [0.3, 0.4) is 0 Å². The van der Waals surface area contributed by atoms with Crippen molar-refractivity contribution in [3.63, 3.8) is 0 Å². The molecule has 2 heterocycles. The number of benzene rings is 1. The standard InChI is InChI=1S/C13H14N2S/c1-16(2)11-7-4-3-6-10(11)15-13-12(16)8-5-9-14-13/h3-9H,1-2H3,(H,14,15). The normalized spacial score (nSPS) is 17.9. The molecular weight excluding hydrogens is 216 g/mol. The minimum absolute atomic E-state index is 0.926. The number of nitrogens with one attached hydrogen (secondary N) is 1. The van der Waals surface area contributed by atoms with Crippen LogP contribution in [0.15, 0.2) is 52.4 Å². The quantitative estimate of drug-likeness (QED) is 0.747. The predicted octanol–water partition coefficient (Wildman–Crippen LogP) is 3.62. The van der Waals surface area contributed by atoms with Crippen LogP contribution in [0.2, 0.25) is 0 Å². The van der Waals surface area contributed by atoms with Crippen molar-refractivity contribution in [1.29, 1.82) is 0 Å². The highest BCUT2D eigenvalue weighted by atomic mass is 32.3. The lowest BCUT2D eigenvalue weighted by Gasteiger charge is -2.39. The lowest BCUT2D eigenvalue weighted by Crippen LogP contribution is -2.11. The minimum Gasteiger partial charge on any atom is -0.338 e. The molecule has 1 aliphatic rings. The van der Waals surface area contributed by atoms with Gasteiger partial charge in [-0.25, -0.2) is 4.98 Å². The molecule has 0 fully saturated rings. The smallest absolute Gasteiger partial charge is 0.142 e. The number of aromatic nitrogens is 1. The zero-order valence-electron chi connectivity index (χ0n) is 9.40. The second kappa shape index (κ2) is 3.25. The molecule has 0 aliphatic carbocycles. The summed E-state index contributed by atoms with van der Waals surface area (Å²) in [4.78, 5) is 7.18. The Morgan fingerprint density at radius 3 is 2.62 bits per heavy atom. The zero-order chi connectivity index (χ0) is 11.2. The second-order valence-corrected chi connectivity index (χ2v) is 7.83. The van der Waals surface area contributed by atoms with E-state index >= 15 is 0 Å².